The average molecular weight is 508 g/mol. The number of aliphatic hydroxyl groups is 1. The molecule has 1 saturated heterocycles. The first-order valence-electron chi connectivity index (χ1n) is 12.8. The number of carbonyl (C=O) groups is 1. The Hall–Kier alpha value is -3.27. The first kappa shape index (κ1) is 25.4. The summed E-state index contributed by atoms with van der Waals surface area (Å²) in [5, 5.41) is 20.9. The molecule has 2 heterocycles. The van der Waals surface area contributed by atoms with Gasteiger partial charge in [-0.25, -0.2) is 13.9 Å². The van der Waals surface area contributed by atoms with Crippen molar-refractivity contribution in [2.24, 2.45) is 0 Å². The SMILES string of the molecule is COCCN1C[C@@H](NC(=O)Nc2c(C)c(C3CC(O)C3)nn2-c2ccccc2)[C@H](c2ccc(F)cc2)C1. The van der Waals surface area contributed by atoms with E-state index in [2.05, 4.69) is 15.5 Å². The lowest BCUT2D eigenvalue weighted by Gasteiger charge is -2.30. The predicted octanol–water partition coefficient (Wildman–Crippen LogP) is 3.79. The van der Waals surface area contributed by atoms with E-state index in [1.54, 1.807) is 23.9 Å². The van der Waals surface area contributed by atoms with Crippen molar-refractivity contribution in [2.75, 3.05) is 38.7 Å². The Bertz CT molecular complexity index is 1210. The van der Waals surface area contributed by atoms with Gasteiger partial charge in [-0.3, -0.25) is 10.2 Å². The maximum Gasteiger partial charge on any atom is 0.320 e. The Morgan fingerprint density at radius 3 is 2.54 bits per heavy atom. The number of methoxy groups -OCH3 is 1. The number of amides is 2. The van der Waals surface area contributed by atoms with E-state index in [-0.39, 0.29) is 35.8 Å². The third-order valence-electron chi connectivity index (χ3n) is 7.51. The van der Waals surface area contributed by atoms with Gasteiger partial charge in [-0.2, -0.15) is 5.10 Å². The molecule has 37 heavy (non-hydrogen) atoms. The molecule has 2 atom stereocenters. The fourth-order valence-electron chi connectivity index (χ4n) is 5.41. The van der Waals surface area contributed by atoms with Crippen LogP contribution in [0, 0.1) is 12.7 Å². The van der Waals surface area contributed by atoms with Gasteiger partial charge in [0.25, 0.3) is 0 Å². The number of rotatable bonds is 8. The summed E-state index contributed by atoms with van der Waals surface area (Å²) in [5.74, 6) is 0.540. The Morgan fingerprint density at radius 2 is 1.86 bits per heavy atom. The summed E-state index contributed by atoms with van der Waals surface area (Å²) in [6, 6.07) is 15.7. The van der Waals surface area contributed by atoms with Crippen molar-refractivity contribution in [1.29, 1.82) is 0 Å². The minimum Gasteiger partial charge on any atom is -0.393 e. The molecule has 2 aromatic carbocycles. The van der Waals surface area contributed by atoms with Gasteiger partial charge in [0.2, 0.25) is 0 Å². The second-order valence-electron chi connectivity index (χ2n) is 10.0. The number of benzene rings is 2. The zero-order valence-electron chi connectivity index (χ0n) is 21.2. The molecule has 8 nitrogen and oxygen atoms in total. The molecule has 1 saturated carbocycles. The van der Waals surface area contributed by atoms with Crippen LogP contribution < -0.4 is 10.6 Å². The average Bonchev–Trinajstić information content (AvgIpc) is 3.42. The Morgan fingerprint density at radius 1 is 1.14 bits per heavy atom. The lowest BCUT2D eigenvalue weighted by molar-refractivity contribution is 0.0729. The van der Waals surface area contributed by atoms with Crippen LogP contribution in [0.15, 0.2) is 54.6 Å². The number of aliphatic hydroxyl groups excluding tert-OH is 1. The Labute approximate surface area is 216 Å². The number of carbonyl (C=O) groups excluding carboxylic acids is 1. The summed E-state index contributed by atoms with van der Waals surface area (Å²) in [6.07, 6.45) is 1.06. The van der Waals surface area contributed by atoms with Crippen molar-refractivity contribution in [3.63, 3.8) is 0 Å². The molecule has 0 spiro atoms. The van der Waals surface area contributed by atoms with Crippen molar-refractivity contribution in [1.82, 2.24) is 20.0 Å². The van der Waals surface area contributed by atoms with Gasteiger partial charge in [-0.05, 0) is 49.6 Å². The van der Waals surface area contributed by atoms with Crippen LogP contribution in [0.5, 0.6) is 0 Å². The van der Waals surface area contributed by atoms with E-state index in [0.29, 0.717) is 31.8 Å². The molecule has 0 unspecified atom stereocenters. The molecule has 1 aliphatic heterocycles. The van der Waals surface area contributed by atoms with Crippen molar-refractivity contribution in [3.05, 3.63) is 77.2 Å². The lowest BCUT2D eigenvalue weighted by atomic mass is 9.79. The summed E-state index contributed by atoms with van der Waals surface area (Å²) in [5.41, 5.74) is 3.64. The molecule has 196 valence electrons. The molecule has 5 rings (SSSR count). The first-order valence-corrected chi connectivity index (χ1v) is 12.8. The number of hydrogen-bond donors (Lipinski definition) is 3. The van der Waals surface area contributed by atoms with Crippen LogP contribution in [0.25, 0.3) is 5.69 Å². The van der Waals surface area contributed by atoms with Crippen molar-refractivity contribution in [3.8, 4) is 5.69 Å². The van der Waals surface area contributed by atoms with Gasteiger partial charge in [0.1, 0.15) is 11.6 Å². The van der Waals surface area contributed by atoms with Crippen LogP contribution in [0.4, 0.5) is 15.0 Å². The number of para-hydroxylation sites is 1. The summed E-state index contributed by atoms with van der Waals surface area (Å²) in [4.78, 5) is 15.6. The standard InChI is InChI=1S/C28H34FN5O3/c1-18-26(20-14-23(35)15-20)32-34(22-6-4-3-5-7-22)27(18)31-28(36)30-25-17-33(12-13-37-2)16-24(25)19-8-10-21(29)11-9-19/h3-11,20,23-25,35H,12-17H2,1-2H3,(H2,30,31,36)/t20?,23?,24-,25+/m0/s1. The smallest absolute Gasteiger partial charge is 0.320 e. The zero-order chi connectivity index (χ0) is 25.9. The quantitative estimate of drug-likeness (QED) is 0.432. The summed E-state index contributed by atoms with van der Waals surface area (Å²) >= 11 is 0. The molecule has 3 aromatic rings. The molecular weight excluding hydrogens is 473 g/mol. The normalized spacial score (nSPS) is 23.6. The molecule has 2 amide bonds. The third kappa shape index (κ3) is 5.53. The number of halogens is 1. The number of anilines is 1. The second kappa shape index (κ2) is 11.0. The number of hydrogen-bond acceptors (Lipinski definition) is 5. The van der Waals surface area contributed by atoms with Gasteiger partial charge in [0.05, 0.1) is 30.1 Å². The predicted molar refractivity (Wildman–Crippen MR) is 140 cm³/mol. The van der Waals surface area contributed by atoms with Gasteiger partial charge in [0.15, 0.2) is 0 Å². The van der Waals surface area contributed by atoms with Crippen molar-refractivity contribution >= 4 is 11.8 Å². The van der Waals surface area contributed by atoms with E-state index in [9.17, 15) is 14.3 Å². The molecule has 9 heteroatoms. The van der Waals surface area contributed by atoms with Gasteiger partial charge in [0, 0.05) is 44.1 Å². The zero-order valence-corrected chi connectivity index (χ0v) is 21.2. The van der Waals surface area contributed by atoms with E-state index >= 15 is 0 Å². The van der Waals surface area contributed by atoms with Gasteiger partial charge < -0.3 is 15.2 Å². The number of urea groups is 1. The minimum absolute atomic E-state index is 0.0235. The van der Waals surface area contributed by atoms with Crippen LogP contribution in [-0.4, -0.2) is 71.3 Å². The Balaban J connectivity index is 1.37. The summed E-state index contributed by atoms with van der Waals surface area (Å²) < 4.78 is 20.6. The summed E-state index contributed by atoms with van der Waals surface area (Å²) in [7, 11) is 1.67. The molecule has 1 aliphatic carbocycles. The number of nitrogens with zero attached hydrogens (tertiary/aromatic N) is 3. The van der Waals surface area contributed by atoms with E-state index < -0.39 is 0 Å². The van der Waals surface area contributed by atoms with Crippen LogP contribution in [0.1, 0.15) is 41.5 Å². The lowest BCUT2D eigenvalue weighted by Crippen LogP contribution is -2.42. The molecule has 0 bridgehead atoms. The fourth-order valence-corrected chi connectivity index (χ4v) is 5.41. The number of ether oxygens (including phenoxy) is 1. The van der Waals surface area contributed by atoms with Gasteiger partial charge >= 0.3 is 6.03 Å². The fraction of sp³-hybridized carbons (Fsp3) is 0.429. The highest BCUT2D eigenvalue weighted by Gasteiger charge is 2.36. The molecule has 1 aromatic heterocycles. The van der Waals surface area contributed by atoms with E-state index in [4.69, 9.17) is 9.84 Å². The number of aromatic nitrogens is 2. The topological polar surface area (TPSA) is 91.7 Å². The monoisotopic (exact) mass is 507 g/mol. The second-order valence-corrected chi connectivity index (χ2v) is 10.0. The van der Waals surface area contributed by atoms with E-state index in [0.717, 1.165) is 35.6 Å². The van der Waals surface area contributed by atoms with Crippen molar-refractivity contribution < 1.29 is 19.0 Å². The molecular formula is C28H34FN5O3. The van der Waals surface area contributed by atoms with Crippen LogP contribution in [0.3, 0.4) is 0 Å². The first-order chi connectivity index (χ1) is 17.9. The van der Waals surface area contributed by atoms with Crippen LogP contribution >= 0.6 is 0 Å². The van der Waals surface area contributed by atoms with Gasteiger partial charge in [-0.15, -0.1) is 0 Å². The highest BCUT2D eigenvalue weighted by atomic mass is 19.1. The third-order valence-corrected chi connectivity index (χ3v) is 7.51. The molecule has 0 radical (unpaired) electrons. The maximum atomic E-state index is 13.6. The van der Waals surface area contributed by atoms with Crippen molar-refractivity contribution in [2.45, 2.75) is 43.7 Å². The molecule has 2 aliphatic rings. The summed E-state index contributed by atoms with van der Waals surface area (Å²) in [6.45, 7) is 4.73. The number of nitrogens with one attached hydrogen (secondary N) is 2. The minimum atomic E-state index is -0.314. The Kier molecular flexibility index (Phi) is 7.55. The number of likely N-dealkylation sites (tertiary alicyclic amines) is 1. The maximum absolute atomic E-state index is 13.6. The highest BCUT2D eigenvalue weighted by Crippen LogP contribution is 2.40. The molecule has 3 N–H and O–H groups in total. The largest absolute Gasteiger partial charge is 0.393 e. The van der Waals surface area contributed by atoms with Gasteiger partial charge in [-0.1, -0.05) is 30.3 Å². The van der Waals surface area contributed by atoms with E-state index in [1.165, 1.54) is 12.1 Å². The highest BCUT2D eigenvalue weighted by molar-refractivity contribution is 5.90. The van der Waals surface area contributed by atoms with Crippen LogP contribution in [-0.2, 0) is 4.74 Å². The van der Waals surface area contributed by atoms with Crippen LogP contribution in [0.2, 0.25) is 0 Å². The van der Waals surface area contributed by atoms with E-state index in [1.807, 2.05) is 37.3 Å². The molecule has 2 fully saturated rings.